The van der Waals surface area contributed by atoms with Crippen molar-refractivity contribution in [3.05, 3.63) is 76.6 Å². The Balaban J connectivity index is 1.86. The van der Waals surface area contributed by atoms with E-state index >= 15 is 0 Å². The van der Waals surface area contributed by atoms with Crippen molar-refractivity contribution in [3.8, 4) is 5.75 Å². The predicted molar refractivity (Wildman–Crippen MR) is 128 cm³/mol. The molecule has 0 radical (unpaired) electrons. The van der Waals surface area contributed by atoms with Gasteiger partial charge in [-0.05, 0) is 69.2 Å². The molecule has 3 rings (SSSR count). The number of hydrogen-bond acceptors (Lipinski definition) is 4. The Morgan fingerprint density at radius 1 is 1.12 bits per heavy atom. The summed E-state index contributed by atoms with van der Waals surface area (Å²) < 4.78 is 7.14. The first-order chi connectivity index (χ1) is 15.4. The number of nitrogens with zero attached hydrogens (tertiary/aromatic N) is 3. The molecule has 7 heteroatoms. The molecule has 2 N–H and O–H groups in total. The van der Waals surface area contributed by atoms with Crippen LogP contribution in [-0.2, 0) is 19.5 Å². The van der Waals surface area contributed by atoms with Crippen LogP contribution in [0.3, 0.4) is 0 Å². The van der Waals surface area contributed by atoms with Gasteiger partial charge in [0, 0.05) is 29.1 Å². The summed E-state index contributed by atoms with van der Waals surface area (Å²) in [5, 5.41) is 10.8. The van der Waals surface area contributed by atoms with Crippen molar-refractivity contribution in [2.75, 3.05) is 12.4 Å². The Hall–Kier alpha value is -3.61. The van der Waals surface area contributed by atoms with Crippen molar-refractivity contribution in [1.29, 1.82) is 0 Å². The molecule has 0 bridgehead atoms. The van der Waals surface area contributed by atoms with E-state index in [1.54, 1.807) is 31.4 Å². The molecule has 1 heterocycles. The SMILES string of the molecule is CCc1cccc(NC(=NCc2c(C)nn(CC)c2C)NC(=O)c2ccc(OC)cc2)c1. The van der Waals surface area contributed by atoms with Gasteiger partial charge in [0.15, 0.2) is 0 Å². The van der Waals surface area contributed by atoms with Gasteiger partial charge < -0.3 is 10.1 Å². The third-order valence-electron chi connectivity index (χ3n) is 5.41. The molecule has 0 aliphatic rings. The normalized spacial score (nSPS) is 11.3. The lowest BCUT2D eigenvalue weighted by atomic mass is 10.1. The van der Waals surface area contributed by atoms with E-state index < -0.39 is 0 Å². The topological polar surface area (TPSA) is 80.5 Å². The predicted octanol–water partition coefficient (Wildman–Crippen LogP) is 4.49. The standard InChI is InChI=1S/C25H31N5O2/c1-6-19-9-8-10-21(15-19)27-25(26-16-23-17(3)29-30(7-2)18(23)4)28-24(31)20-11-13-22(32-5)14-12-20/h8-15H,6-7,16H2,1-5H3,(H2,26,27,28,31). The molecule has 0 saturated heterocycles. The maximum absolute atomic E-state index is 12.9. The molecule has 1 amide bonds. The number of guanidine groups is 1. The van der Waals surface area contributed by atoms with Gasteiger partial charge in [-0.25, -0.2) is 4.99 Å². The van der Waals surface area contributed by atoms with Gasteiger partial charge in [-0.2, -0.15) is 5.10 Å². The summed E-state index contributed by atoms with van der Waals surface area (Å²) in [6.45, 7) is 9.42. The number of aliphatic imine (C=N–C) groups is 1. The third-order valence-corrected chi connectivity index (χ3v) is 5.41. The number of nitrogens with one attached hydrogen (secondary N) is 2. The number of ether oxygens (including phenoxy) is 1. The van der Waals surface area contributed by atoms with Crippen LogP contribution >= 0.6 is 0 Å². The van der Waals surface area contributed by atoms with E-state index in [1.807, 2.05) is 30.7 Å². The summed E-state index contributed by atoms with van der Waals surface area (Å²) >= 11 is 0. The van der Waals surface area contributed by atoms with Crippen molar-refractivity contribution >= 4 is 17.6 Å². The number of carbonyl (C=O) groups excluding carboxylic acids is 1. The third kappa shape index (κ3) is 5.55. The Morgan fingerprint density at radius 2 is 1.88 bits per heavy atom. The van der Waals surface area contributed by atoms with Crippen LogP contribution in [0.5, 0.6) is 5.75 Å². The quantitative estimate of drug-likeness (QED) is 0.425. The molecule has 0 unspecified atom stereocenters. The highest BCUT2D eigenvalue weighted by molar-refractivity contribution is 6.10. The molecule has 0 atom stereocenters. The zero-order valence-electron chi connectivity index (χ0n) is 19.4. The fraction of sp³-hybridized carbons (Fsp3) is 0.320. The number of hydrogen-bond donors (Lipinski definition) is 2. The summed E-state index contributed by atoms with van der Waals surface area (Å²) in [5.41, 5.74) is 5.69. The Labute approximate surface area is 189 Å². The summed E-state index contributed by atoms with van der Waals surface area (Å²) in [6.07, 6.45) is 0.925. The van der Waals surface area contributed by atoms with Gasteiger partial charge in [0.25, 0.3) is 5.91 Å². The lowest BCUT2D eigenvalue weighted by Crippen LogP contribution is -2.36. The fourth-order valence-corrected chi connectivity index (χ4v) is 3.47. The van der Waals surface area contributed by atoms with Crippen LogP contribution in [0.4, 0.5) is 5.69 Å². The van der Waals surface area contributed by atoms with Gasteiger partial charge in [-0.1, -0.05) is 19.1 Å². The first-order valence-corrected chi connectivity index (χ1v) is 10.8. The minimum absolute atomic E-state index is 0.247. The largest absolute Gasteiger partial charge is 0.497 e. The van der Waals surface area contributed by atoms with Crippen molar-refractivity contribution in [2.24, 2.45) is 4.99 Å². The van der Waals surface area contributed by atoms with Crippen molar-refractivity contribution < 1.29 is 9.53 Å². The molecule has 0 saturated carbocycles. The van der Waals surface area contributed by atoms with Crippen LogP contribution in [0, 0.1) is 13.8 Å². The average molecular weight is 434 g/mol. The number of methoxy groups -OCH3 is 1. The van der Waals surface area contributed by atoms with Crippen molar-refractivity contribution in [2.45, 2.75) is 47.2 Å². The Bertz CT molecular complexity index is 1100. The summed E-state index contributed by atoms with van der Waals surface area (Å²) in [4.78, 5) is 17.6. The van der Waals surface area contributed by atoms with Gasteiger partial charge in [0.05, 0.1) is 19.3 Å². The molecular weight excluding hydrogens is 402 g/mol. The van der Waals surface area contributed by atoms with E-state index in [0.717, 1.165) is 35.6 Å². The first kappa shape index (κ1) is 23.1. The Kier molecular flexibility index (Phi) is 7.65. The van der Waals surface area contributed by atoms with Crippen LogP contribution in [-0.4, -0.2) is 28.8 Å². The molecule has 0 spiro atoms. The number of aryl methyl sites for hydroxylation is 3. The van der Waals surface area contributed by atoms with Crippen molar-refractivity contribution in [3.63, 3.8) is 0 Å². The average Bonchev–Trinajstić information content (AvgIpc) is 3.09. The van der Waals surface area contributed by atoms with Crippen LogP contribution in [0.25, 0.3) is 0 Å². The van der Waals surface area contributed by atoms with Crippen LogP contribution in [0.2, 0.25) is 0 Å². The zero-order valence-corrected chi connectivity index (χ0v) is 19.4. The highest BCUT2D eigenvalue weighted by Gasteiger charge is 2.13. The summed E-state index contributed by atoms with van der Waals surface area (Å²) in [6, 6.07) is 15.0. The molecular formula is C25H31N5O2. The molecule has 0 aliphatic heterocycles. The second kappa shape index (κ2) is 10.6. The lowest BCUT2D eigenvalue weighted by Gasteiger charge is -2.13. The molecule has 32 heavy (non-hydrogen) atoms. The van der Waals surface area contributed by atoms with E-state index in [1.165, 1.54) is 5.56 Å². The number of benzene rings is 2. The van der Waals surface area contributed by atoms with E-state index in [2.05, 4.69) is 41.7 Å². The molecule has 0 fully saturated rings. The highest BCUT2D eigenvalue weighted by atomic mass is 16.5. The van der Waals surface area contributed by atoms with Gasteiger partial charge in [0.1, 0.15) is 5.75 Å². The van der Waals surface area contributed by atoms with Gasteiger partial charge >= 0.3 is 0 Å². The van der Waals surface area contributed by atoms with Crippen molar-refractivity contribution in [1.82, 2.24) is 15.1 Å². The molecule has 3 aromatic rings. The second-order valence-electron chi connectivity index (χ2n) is 7.49. The fourth-order valence-electron chi connectivity index (χ4n) is 3.47. The van der Waals surface area contributed by atoms with Crippen LogP contribution < -0.4 is 15.4 Å². The number of carbonyl (C=O) groups is 1. The minimum Gasteiger partial charge on any atom is -0.497 e. The number of rotatable bonds is 7. The number of aromatic nitrogens is 2. The molecule has 1 aromatic heterocycles. The zero-order chi connectivity index (χ0) is 23.1. The molecule has 168 valence electrons. The summed E-state index contributed by atoms with van der Waals surface area (Å²) in [7, 11) is 1.60. The maximum Gasteiger partial charge on any atom is 0.257 e. The van der Waals surface area contributed by atoms with Gasteiger partial charge in [-0.15, -0.1) is 0 Å². The van der Waals surface area contributed by atoms with Crippen LogP contribution in [0.15, 0.2) is 53.5 Å². The van der Waals surface area contributed by atoms with Crippen LogP contribution in [0.1, 0.15) is 46.7 Å². The van der Waals surface area contributed by atoms with E-state index in [9.17, 15) is 4.79 Å². The first-order valence-electron chi connectivity index (χ1n) is 10.8. The molecule has 7 nitrogen and oxygen atoms in total. The highest BCUT2D eigenvalue weighted by Crippen LogP contribution is 2.16. The molecule has 2 aromatic carbocycles. The number of amides is 1. The second-order valence-corrected chi connectivity index (χ2v) is 7.49. The van der Waals surface area contributed by atoms with Gasteiger partial charge in [-0.3, -0.25) is 14.8 Å². The number of anilines is 1. The van der Waals surface area contributed by atoms with E-state index in [-0.39, 0.29) is 5.91 Å². The minimum atomic E-state index is -0.247. The van der Waals surface area contributed by atoms with Gasteiger partial charge in [0.2, 0.25) is 5.96 Å². The maximum atomic E-state index is 12.9. The van der Waals surface area contributed by atoms with E-state index in [0.29, 0.717) is 23.8 Å². The monoisotopic (exact) mass is 433 g/mol. The smallest absolute Gasteiger partial charge is 0.257 e. The van der Waals surface area contributed by atoms with E-state index in [4.69, 9.17) is 9.73 Å². The summed E-state index contributed by atoms with van der Waals surface area (Å²) in [5.74, 6) is 0.842. The Morgan fingerprint density at radius 3 is 2.50 bits per heavy atom. The molecule has 0 aliphatic carbocycles. The lowest BCUT2D eigenvalue weighted by molar-refractivity contribution is 0.0977.